The Bertz CT molecular complexity index is 190. The van der Waals surface area contributed by atoms with Crippen LogP contribution in [0.25, 0.3) is 0 Å². The highest BCUT2D eigenvalue weighted by molar-refractivity contribution is 6.17. The SMILES string of the molecule is CC(CCCCl)CNC(=O)OC(C)(C)C. The van der Waals surface area contributed by atoms with Gasteiger partial charge in [-0.1, -0.05) is 6.92 Å². The standard InChI is InChI=1S/C11H22ClNO2/c1-9(6-5-7-12)8-13-10(14)15-11(2,3)4/h9H,5-8H2,1-4H3,(H,13,14). The first-order valence-corrected chi connectivity index (χ1v) is 5.91. The van der Waals surface area contributed by atoms with Crippen molar-refractivity contribution in [2.75, 3.05) is 12.4 Å². The molecule has 4 heteroatoms. The zero-order valence-corrected chi connectivity index (χ0v) is 10.9. The Kier molecular flexibility index (Phi) is 6.73. The van der Waals surface area contributed by atoms with Crippen LogP contribution in [-0.4, -0.2) is 24.1 Å². The van der Waals surface area contributed by atoms with Crippen molar-refractivity contribution in [3.63, 3.8) is 0 Å². The highest BCUT2D eigenvalue weighted by atomic mass is 35.5. The van der Waals surface area contributed by atoms with Crippen molar-refractivity contribution in [1.29, 1.82) is 0 Å². The van der Waals surface area contributed by atoms with Crippen LogP contribution in [0.2, 0.25) is 0 Å². The van der Waals surface area contributed by atoms with E-state index in [1.54, 1.807) is 0 Å². The molecule has 0 spiro atoms. The van der Waals surface area contributed by atoms with Crippen molar-refractivity contribution in [3.05, 3.63) is 0 Å². The molecule has 0 aromatic rings. The first-order chi connectivity index (χ1) is 6.85. The fraction of sp³-hybridized carbons (Fsp3) is 0.909. The summed E-state index contributed by atoms with van der Waals surface area (Å²) in [5.41, 5.74) is -0.427. The maximum absolute atomic E-state index is 11.3. The number of halogens is 1. The van der Waals surface area contributed by atoms with Crippen LogP contribution >= 0.6 is 11.6 Å². The maximum Gasteiger partial charge on any atom is 0.407 e. The van der Waals surface area contributed by atoms with E-state index in [1.807, 2.05) is 20.8 Å². The van der Waals surface area contributed by atoms with Gasteiger partial charge in [-0.05, 0) is 39.5 Å². The largest absolute Gasteiger partial charge is 0.444 e. The molecule has 0 radical (unpaired) electrons. The van der Waals surface area contributed by atoms with Gasteiger partial charge in [0, 0.05) is 12.4 Å². The molecule has 0 heterocycles. The summed E-state index contributed by atoms with van der Waals surface area (Å²) in [6.45, 7) is 8.28. The molecule has 0 bridgehead atoms. The van der Waals surface area contributed by atoms with E-state index in [1.165, 1.54) is 0 Å². The number of rotatable bonds is 5. The van der Waals surface area contributed by atoms with Gasteiger partial charge in [0.1, 0.15) is 5.60 Å². The van der Waals surface area contributed by atoms with Gasteiger partial charge in [0.05, 0.1) is 0 Å². The van der Waals surface area contributed by atoms with E-state index in [0.717, 1.165) is 12.8 Å². The molecule has 0 aliphatic heterocycles. The molecule has 90 valence electrons. The van der Waals surface area contributed by atoms with E-state index in [0.29, 0.717) is 18.3 Å². The van der Waals surface area contributed by atoms with Crippen LogP contribution in [0.1, 0.15) is 40.5 Å². The first kappa shape index (κ1) is 14.6. The van der Waals surface area contributed by atoms with Crippen molar-refractivity contribution >= 4 is 17.7 Å². The van der Waals surface area contributed by atoms with E-state index < -0.39 is 5.60 Å². The van der Waals surface area contributed by atoms with Gasteiger partial charge in [-0.25, -0.2) is 4.79 Å². The van der Waals surface area contributed by atoms with Crippen LogP contribution in [0.4, 0.5) is 4.79 Å². The minimum Gasteiger partial charge on any atom is -0.444 e. The van der Waals surface area contributed by atoms with Gasteiger partial charge < -0.3 is 10.1 Å². The van der Waals surface area contributed by atoms with Gasteiger partial charge in [-0.15, -0.1) is 11.6 Å². The Morgan fingerprint density at radius 1 is 1.47 bits per heavy atom. The Morgan fingerprint density at radius 3 is 2.53 bits per heavy atom. The molecular weight excluding hydrogens is 214 g/mol. The highest BCUT2D eigenvalue weighted by Crippen LogP contribution is 2.08. The Hall–Kier alpha value is -0.440. The van der Waals surface area contributed by atoms with Crippen LogP contribution in [0.15, 0.2) is 0 Å². The second kappa shape index (κ2) is 6.94. The summed E-state index contributed by atoms with van der Waals surface area (Å²) in [5.74, 6) is 1.12. The number of carbonyl (C=O) groups excluding carboxylic acids is 1. The Labute approximate surface area is 97.5 Å². The van der Waals surface area contributed by atoms with Crippen molar-refractivity contribution in [2.45, 2.75) is 46.1 Å². The third-order valence-electron chi connectivity index (χ3n) is 1.82. The summed E-state index contributed by atoms with van der Waals surface area (Å²) in [4.78, 5) is 11.3. The molecule has 0 aromatic carbocycles. The predicted molar refractivity (Wildman–Crippen MR) is 63.4 cm³/mol. The smallest absolute Gasteiger partial charge is 0.407 e. The number of alkyl halides is 1. The third-order valence-corrected chi connectivity index (χ3v) is 2.09. The lowest BCUT2D eigenvalue weighted by Crippen LogP contribution is -2.34. The van der Waals surface area contributed by atoms with Gasteiger partial charge in [0.25, 0.3) is 0 Å². The van der Waals surface area contributed by atoms with E-state index in [4.69, 9.17) is 16.3 Å². The third kappa shape index (κ3) is 9.85. The topological polar surface area (TPSA) is 38.3 Å². The predicted octanol–water partition coefficient (Wildman–Crippen LogP) is 3.17. The van der Waals surface area contributed by atoms with Gasteiger partial charge in [0.15, 0.2) is 0 Å². The second-order valence-electron chi connectivity index (χ2n) is 4.82. The molecule has 1 N–H and O–H groups in total. The van der Waals surface area contributed by atoms with Gasteiger partial charge in [-0.2, -0.15) is 0 Å². The summed E-state index contributed by atoms with van der Waals surface area (Å²) in [5, 5.41) is 2.74. The number of nitrogens with one attached hydrogen (secondary N) is 1. The lowest BCUT2D eigenvalue weighted by molar-refractivity contribution is 0.0519. The van der Waals surface area contributed by atoms with E-state index >= 15 is 0 Å². The summed E-state index contributed by atoms with van der Waals surface area (Å²) in [6.07, 6.45) is 1.66. The van der Waals surface area contributed by atoms with E-state index in [2.05, 4.69) is 12.2 Å². The number of carbonyl (C=O) groups is 1. The molecule has 1 amide bonds. The average Bonchev–Trinajstić information content (AvgIpc) is 2.08. The lowest BCUT2D eigenvalue weighted by atomic mass is 10.1. The molecule has 1 unspecified atom stereocenters. The first-order valence-electron chi connectivity index (χ1n) is 5.38. The van der Waals surface area contributed by atoms with E-state index in [9.17, 15) is 4.79 Å². The summed E-state index contributed by atoms with van der Waals surface area (Å²) >= 11 is 5.58. The van der Waals surface area contributed by atoms with Crippen LogP contribution in [0.5, 0.6) is 0 Å². The molecule has 0 rings (SSSR count). The molecule has 0 saturated carbocycles. The highest BCUT2D eigenvalue weighted by Gasteiger charge is 2.16. The minimum absolute atomic E-state index is 0.347. The molecule has 0 fully saturated rings. The minimum atomic E-state index is -0.427. The second-order valence-corrected chi connectivity index (χ2v) is 5.20. The number of hydrogen-bond donors (Lipinski definition) is 1. The average molecular weight is 236 g/mol. The van der Waals surface area contributed by atoms with Gasteiger partial charge >= 0.3 is 6.09 Å². The normalized spacial score (nSPS) is 13.4. The number of alkyl carbamates (subject to hydrolysis) is 1. The fourth-order valence-corrected chi connectivity index (χ4v) is 1.25. The molecule has 3 nitrogen and oxygen atoms in total. The van der Waals surface area contributed by atoms with E-state index in [-0.39, 0.29) is 6.09 Å². The summed E-state index contributed by atoms with van der Waals surface area (Å²) < 4.78 is 5.12. The maximum atomic E-state index is 11.3. The molecule has 0 aliphatic carbocycles. The monoisotopic (exact) mass is 235 g/mol. The van der Waals surface area contributed by atoms with Crippen molar-refractivity contribution in [2.24, 2.45) is 5.92 Å². The van der Waals surface area contributed by atoms with Crippen molar-refractivity contribution in [3.8, 4) is 0 Å². The molecule has 0 aliphatic rings. The van der Waals surface area contributed by atoms with Gasteiger partial charge in [-0.3, -0.25) is 0 Å². The molecule has 0 aromatic heterocycles. The molecule has 15 heavy (non-hydrogen) atoms. The summed E-state index contributed by atoms with van der Waals surface area (Å²) in [6, 6.07) is 0. The van der Waals surface area contributed by atoms with Crippen molar-refractivity contribution in [1.82, 2.24) is 5.32 Å². The Morgan fingerprint density at radius 2 is 2.07 bits per heavy atom. The Balaban J connectivity index is 3.62. The zero-order valence-electron chi connectivity index (χ0n) is 10.1. The number of hydrogen-bond acceptors (Lipinski definition) is 2. The molecular formula is C11H22ClNO2. The lowest BCUT2D eigenvalue weighted by Gasteiger charge is -2.20. The van der Waals surface area contributed by atoms with Crippen LogP contribution < -0.4 is 5.32 Å². The van der Waals surface area contributed by atoms with Crippen LogP contribution in [-0.2, 0) is 4.74 Å². The quantitative estimate of drug-likeness (QED) is 0.744. The fourth-order valence-electron chi connectivity index (χ4n) is 1.10. The van der Waals surface area contributed by atoms with Crippen LogP contribution in [0.3, 0.4) is 0 Å². The summed E-state index contributed by atoms with van der Waals surface area (Å²) in [7, 11) is 0. The van der Waals surface area contributed by atoms with Crippen molar-refractivity contribution < 1.29 is 9.53 Å². The molecule has 1 atom stereocenters. The van der Waals surface area contributed by atoms with Gasteiger partial charge in [0.2, 0.25) is 0 Å². The van der Waals surface area contributed by atoms with Crippen LogP contribution in [0, 0.1) is 5.92 Å². The zero-order chi connectivity index (χ0) is 11.9. The number of amides is 1. The molecule has 0 saturated heterocycles. The number of ether oxygens (including phenoxy) is 1.